The van der Waals surface area contributed by atoms with Gasteiger partial charge in [-0.3, -0.25) is 9.48 Å². The second-order valence-electron chi connectivity index (χ2n) is 4.23. The summed E-state index contributed by atoms with van der Waals surface area (Å²) < 4.78 is 1.59. The third-order valence-electron chi connectivity index (χ3n) is 2.54. The summed E-state index contributed by atoms with van der Waals surface area (Å²) in [5.41, 5.74) is 1.53. The molecule has 0 bridgehead atoms. The lowest BCUT2D eigenvalue weighted by molar-refractivity contribution is -0.145. The fraction of sp³-hybridized carbons (Fsp3) is 0.455. The lowest BCUT2D eigenvalue weighted by atomic mass is 10.2. The Morgan fingerprint density at radius 1 is 1.40 bits per heavy atom. The Balaban J connectivity index is 2.52. The Morgan fingerprint density at radius 3 is 2.50 bits per heavy atom. The average molecular weight is 284 g/mol. The van der Waals surface area contributed by atoms with Crippen LogP contribution in [0, 0.1) is 6.92 Å². The quantitative estimate of drug-likeness (QED) is 0.554. The maximum atomic E-state index is 11.5. The van der Waals surface area contributed by atoms with E-state index in [1.54, 1.807) is 24.9 Å². The van der Waals surface area contributed by atoms with Crippen LogP contribution in [0.3, 0.4) is 0 Å². The SMILES string of the molecule is Cc1nn(C)cc1CNC(=O)N[C@H](CC(=O)O)C(=O)O. The van der Waals surface area contributed by atoms with Crippen LogP contribution in [-0.4, -0.2) is 44.0 Å². The summed E-state index contributed by atoms with van der Waals surface area (Å²) in [5.74, 6) is -2.71. The molecule has 9 nitrogen and oxygen atoms in total. The Labute approximate surface area is 114 Å². The van der Waals surface area contributed by atoms with E-state index in [1.165, 1.54) is 0 Å². The summed E-state index contributed by atoms with van der Waals surface area (Å²) in [5, 5.41) is 26.0. The van der Waals surface area contributed by atoms with Crippen LogP contribution >= 0.6 is 0 Å². The van der Waals surface area contributed by atoms with Gasteiger partial charge in [-0.05, 0) is 6.92 Å². The zero-order valence-corrected chi connectivity index (χ0v) is 11.1. The van der Waals surface area contributed by atoms with Crippen molar-refractivity contribution in [1.82, 2.24) is 20.4 Å². The summed E-state index contributed by atoms with van der Waals surface area (Å²) >= 11 is 0. The van der Waals surface area contributed by atoms with Crippen LogP contribution in [0.4, 0.5) is 4.79 Å². The monoisotopic (exact) mass is 284 g/mol. The zero-order valence-electron chi connectivity index (χ0n) is 11.1. The molecule has 0 aliphatic heterocycles. The van der Waals surface area contributed by atoms with Gasteiger partial charge in [0.15, 0.2) is 0 Å². The number of carboxylic acids is 2. The minimum Gasteiger partial charge on any atom is -0.481 e. The van der Waals surface area contributed by atoms with Gasteiger partial charge in [-0.1, -0.05) is 0 Å². The van der Waals surface area contributed by atoms with Crippen LogP contribution in [0.5, 0.6) is 0 Å². The van der Waals surface area contributed by atoms with Crippen molar-refractivity contribution in [2.75, 3.05) is 0 Å². The first-order valence-electron chi connectivity index (χ1n) is 5.77. The molecule has 1 atom stereocenters. The van der Waals surface area contributed by atoms with Crippen LogP contribution in [0.15, 0.2) is 6.20 Å². The van der Waals surface area contributed by atoms with E-state index in [2.05, 4.69) is 15.7 Å². The zero-order chi connectivity index (χ0) is 15.3. The van der Waals surface area contributed by atoms with Crippen LogP contribution in [-0.2, 0) is 23.2 Å². The van der Waals surface area contributed by atoms with Crippen molar-refractivity contribution in [2.45, 2.75) is 25.9 Å². The first-order chi connectivity index (χ1) is 9.29. The van der Waals surface area contributed by atoms with Crippen LogP contribution < -0.4 is 10.6 Å². The van der Waals surface area contributed by atoms with E-state index >= 15 is 0 Å². The highest BCUT2D eigenvalue weighted by molar-refractivity contribution is 5.86. The van der Waals surface area contributed by atoms with Gasteiger partial charge < -0.3 is 20.8 Å². The van der Waals surface area contributed by atoms with Crippen molar-refractivity contribution in [3.05, 3.63) is 17.5 Å². The van der Waals surface area contributed by atoms with E-state index in [1.807, 2.05) is 0 Å². The topological polar surface area (TPSA) is 134 Å². The second kappa shape index (κ2) is 6.55. The largest absolute Gasteiger partial charge is 0.481 e. The molecule has 0 aromatic carbocycles. The number of aryl methyl sites for hydroxylation is 2. The highest BCUT2D eigenvalue weighted by Gasteiger charge is 2.22. The molecule has 0 unspecified atom stereocenters. The number of aliphatic carboxylic acids is 2. The van der Waals surface area contributed by atoms with Crippen molar-refractivity contribution in [2.24, 2.45) is 7.05 Å². The van der Waals surface area contributed by atoms with Gasteiger partial charge in [0.2, 0.25) is 0 Å². The maximum absolute atomic E-state index is 11.5. The molecule has 0 saturated heterocycles. The predicted molar refractivity (Wildman–Crippen MR) is 67.0 cm³/mol. The third-order valence-corrected chi connectivity index (χ3v) is 2.54. The number of carbonyl (C=O) groups is 3. The molecule has 20 heavy (non-hydrogen) atoms. The standard InChI is InChI=1S/C11H16N4O5/c1-6-7(5-15(2)14-6)4-12-11(20)13-8(10(18)19)3-9(16)17/h5,8H,3-4H2,1-2H3,(H,16,17)(H,18,19)(H2,12,13,20)/t8-/m1/s1. The van der Waals surface area contributed by atoms with Crippen molar-refractivity contribution >= 4 is 18.0 Å². The number of amides is 2. The fourth-order valence-corrected chi connectivity index (χ4v) is 1.58. The van der Waals surface area contributed by atoms with Crippen molar-refractivity contribution in [3.63, 3.8) is 0 Å². The second-order valence-corrected chi connectivity index (χ2v) is 4.23. The van der Waals surface area contributed by atoms with Gasteiger partial charge in [-0.15, -0.1) is 0 Å². The van der Waals surface area contributed by atoms with Crippen LogP contribution in [0.1, 0.15) is 17.7 Å². The molecule has 4 N–H and O–H groups in total. The van der Waals surface area contributed by atoms with Crippen molar-refractivity contribution in [3.8, 4) is 0 Å². The normalized spacial score (nSPS) is 11.7. The summed E-state index contributed by atoms with van der Waals surface area (Å²) in [4.78, 5) is 32.8. The molecule has 0 fully saturated rings. The third kappa shape index (κ3) is 4.59. The van der Waals surface area contributed by atoms with Crippen LogP contribution in [0.2, 0.25) is 0 Å². The number of urea groups is 1. The van der Waals surface area contributed by atoms with Gasteiger partial charge in [0, 0.05) is 25.4 Å². The van der Waals surface area contributed by atoms with Crippen molar-refractivity contribution in [1.29, 1.82) is 0 Å². The molecule has 1 aromatic rings. The lowest BCUT2D eigenvalue weighted by Crippen LogP contribution is -2.46. The van der Waals surface area contributed by atoms with E-state index in [0.717, 1.165) is 11.3 Å². The molecule has 0 aliphatic carbocycles. The number of hydrogen-bond acceptors (Lipinski definition) is 4. The maximum Gasteiger partial charge on any atom is 0.326 e. The van der Waals surface area contributed by atoms with Gasteiger partial charge in [0.1, 0.15) is 6.04 Å². The summed E-state index contributed by atoms with van der Waals surface area (Å²) in [6.07, 6.45) is 1.04. The van der Waals surface area contributed by atoms with Gasteiger partial charge in [-0.2, -0.15) is 5.10 Å². The Bertz CT molecular complexity index is 525. The van der Waals surface area contributed by atoms with Gasteiger partial charge >= 0.3 is 18.0 Å². The molecule has 1 aromatic heterocycles. The predicted octanol–water partition coefficient (Wildman–Crippen LogP) is -0.544. The van der Waals surface area contributed by atoms with E-state index in [4.69, 9.17) is 10.2 Å². The molecule has 110 valence electrons. The highest BCUT2D eigenvalue weighted by Crippen LogP contribution is 2.03. The lowest BCUT2D eigenvalue weighted by Gasteiger charge is -2.13. The minimum absolute atomic E-state index is 0.172. The molecular formula is C11H16N4O5. The van der Waals surface area contributed by atoms with E-state index in [0.29, 0.717) is 0 Å². The molecule has 1 rings (SSSR count). The molecule has 0 aliphatic rings. The van der Waals surface area contributed by atoms with E-state index in [-0.39, 0.29) is 6.54 Å². The molecule has 2 amide bonds. The molecular weight excluding hydrogens is 268 g/mol. The number of carbonyl (C=O) groups excluding carboxylic acids is 1. The summed E-state index contributed by atoms with van der Waals surface area (Å²) in [6.45, 7) is 1.95. The minimum atomic E-state index is -1.47. The highest BCUT2D eigenvalue weighted by atomic mass is 16.4. The number of hydrogen-bond donors (Lipinski definition) is 4. The molecule has 0 radical (unpaired) electrons. The number of nitrogens with zero attached hydrogens (tertiary/aromatic N) is 2. The van der Waals surface area contributed by atoms with E-state index in [9.17, 15) is 14.4 Å². The molecule has 0 spiro atoms. The smallest absolute Gasteiger partial charge is 0.326 e. The Morgan fingerprint density at radius 2 is 2.05 bits per heavy atom. The van der Waals surface area contributed by atoms with Crippen LogP contribution in [0.25, 0.3) is 0 Å². The average Bonchev–Trinajstić information content (AvgIpc) is 2.63. The molecule has 0 saturated carbocycles. The number of aromatic nitrogens is 2. The summed E-state index contributed by atoms with van der Waals surface area (Å²) in [6, 6.07) is -2.22. The Hall–Kier alpha value is -2.58. The fourth-order valence-electron chi connectivity index (χ4n) is 1.58. The molecule has 9 heteroatoms. The van der Waals surface area contributed by atoms with Crippen molar-refractivity contribution < 1.29 is 24.6 Å². The molecule has 1 heterocycles. The van der Waals surface area contributed by atoms with Gasteiger partial charge in [0.25, 0.3) is 0 Å². The van der Waals surface area contributed by atoms with Gasteiger partial charge in [-0.25, -0.2) is 9.59 Å². The first-order valence-corrected chi connectivity index (χ1v) is 5.77. The Kier molecular flexibility index (Phi) is 5.07. The number of carboxylic acid groups (broad SMARTS) is 2. The van der Waals surface area contributed by atoms with Gasteiger partial charge in [0.05, 0.1) is 12.1 Å². The number of rotatable bonds is 6. The summed E-state index contributed by atoms with van der Waals surface area (Å²) in [7, 11) is 1.74. The number of nitrogens with one attached hydrogen (secondary N) is 2. The van der Waals surface area contributed by atoms with E-state index < -0.39 is 30.4 Å². The first kappa shape index (κ1) is 15.5.